The fourth-order valence-electron chi connectivity index (χ4n) is 4.67. The summed E-state index contributed by atoms with van der Waals surface area (Å²) in [6.07, 6.45) is 1.25. The zero-order valence-corrected chi connectivity index (χ0v) is 23.2. The number of benzene rings is 4. The maximum Gasteiger partial charge on any atom is 0.243 e. The van der Waals surface area contributed by atoms with Crippen molar-refractivity contribution < 1.29 is 9.59 Å². The minimum absolute atomic E-state index is 0.0571. The van der Waals surface area contributed by atoms with Crippen LogP contribution < -0.4 is 5.32 Å². The van der Waals surface area contributed by atoms with Crippen LogP contribution in [0.3, 0.4) is 0 Å². The van der Waals surface area contributed by atoms with Gasteiger partial charge in [-0.2, -0.15) is 0 Å². The van der Waals surface area contributed by atoms with Gasteiger partial charge in [-0.25, -0.2) is 0 Å². The van der Waals surface area contributed by atoms with Crippen LogP contribution in [0, 0.1) is 0 Å². The smallest absolute Gasteiger partial charge is 0.243 e. The summed E-state index contributed by atoms with van der Waals surface area (Å²) in [4.78, 5) is 29.1. The molecule has 38 heavy (non-hydrogen) atoms. The van der Waals surface area contributed by atoms with Crippen molar-refractivity contribution in [3.63, 3.8) is 0 Å². The molecule has 0 spiro atoms. The van der Waals surface area contributed by atoms with E-state index < -0.39 is 6.04 Å². The van der Waals surface area contributed by atoms with Crippen molar-refractivity contribution in [2.24, 2.45) is 0 Å². The predicted molar refractivity (Wildman–Crippen MR) is 156 cm³/mol. The van der Waals surface area contributed by atoms with Crippen molar-refractivity contribution in [2.45, 2.75) is 51.7 Å². The Morgan fingerprint density at radius 1 is 0.816 bits per heavy atom. The van der Waals surface area contributed by atoms with E-state index in [1.54, 1.807) is 17.0 Å². The maximum absolute atomic E-state index is 13.9. The monoisotopic (exact) mass is 546 g/mol. The molecule has 0 aliphatic rings. The molecule has 0 aliphatic carbocycles. The number of aryl methyl sites for hydroxylation is 1. The first-order chi connectivity index (χ1) is 18.3. The number of nitrogens with one attached hydrogen (secondary N) is 1. The van der Waals surface area contributed by atoms with E-state index in [0.29, 0.717) is 22.9 Å². The number of nitrogens with zero attached hydrogens (tertiary/aromatic N) is 1. The fraction of sp³-hybridized carbons (Fsp3) is 0.250. The number of fused-ring (bicyclic) bond motifs is 1. The van der Waals surface area contributed by atoms with Crippen LogP contribution in [0.4, 0.5) is 0 Å². The lowest BCUT2D eigenvalue weighted by Crippen LogP contribution is -2.51. The van der Waals surface area contributed by atoms with Gasteiger partial charge >= 0.3 is 0 Å². The molecule has 0 saturated carbocycles. The van der Waals surface area contributed by atoms with Crippen LogP contribution in [-0.4, -0.2) is 28.8 Å². The van der Waals surface area contributed by atoms with Crippen molar-refractivity contribution in [1.29, 1.82) is 0 Å². The van der Waals surface area contributed by atoms with Gasteiger partial charge in [0.15, 0.2) is 0 Å². The first-order valence-electron chi connectivity index (χ1n) is 12.9. The number of carbonyl (C=O) groups excluding carboxylic acids is 2. The normalized spacial score (nSPS) is 11.9. The molecule has 1 atom stereocenters. The predicted octanol–water partition coefficient (Wildman–Crippen LogP) is 7.24. The molecule has 0 aromatic heterocycles. The van der Waals surface area contributed by atoms with Crippen molar-refractivity contribution in [3.8, 4) is 0 Å². The summed E-state index contributed by atoms with van der Waals surface area (Å²) in [5, 5.41) is 6.16. The van der Waals surface area contributed by atoms with Crippen LogP contribution in [0.1, 0.15) is 37.0 Å². The Labute approximate surface area is 234 Å². The number of carbonyl (C=O) groups is 2. The Balaban J connectivity index is 1.66. The second-order valence-electron chi connectivity index (χ2n) is 9.78. The average molecular weight is 548 g/mol. The summed E-state index contributed by atoms with van der Waals surface area (Å²) < 4.78 is 0. The van der Waals surface area contributed by atoms with Crippen LogP contribution in [0.2, 0.25) is 10.0 Å². The molecule has 0 fully saturated rings. The van der Waals surface area contributed by atoms with Crippen LogP contribution in [0.15, 0.2) is 91.0 Å². The lowest BCUT2D eigenvalue weighted by atomic mass is 9.99. The molecule has 4 aromatic rings. The number of amides is 2. The lowest BCUT2D eigenvalue weighted by molar-refractivity contribution is -0.141. The van der Waals surface area contributed by atoms with E-state index in [-0.39, 0.29) is 30.8 Å². The number of halogens is 2. The zero-order chi connectivity index (χ0) is 27.1. The minimum atomic E-state index is -0.686. The molecule has 0 bridgehead atoms. The maximum atomic E-state index is 13.9. The second-order valence-corrected chi connectivity index (χ2v) is 10.6. The van der Waals surface area contributed by atoms with E-state index in [1.807, 2.05) is 68.4 Å². The van der Waals surface area contributed by atoms with Gasteiger partial charge in [-0.15, -0.1) is 0 Å². The standard InChI is InChI=1S/C32H32Cl2N2O2/c1-22(2)35-32(38)30(20-23-9-4-3-5-10-23)36(21-24-15-17-28(33)29(34)19-24)31(37)18-16-26-13-8-12-25-11-6-7-14-27(25)26/h3-15,17,19,22,30H,16,18,20-21H2,1-2H3,(H,35,38)/t30-/m0/s1. The molecule has 4 aromatic carbocycles. The highest BCUT2D eigenvalue weighted by Gasteiger charge is 2.30. The quantitative estimate of drug-likeness (QED) is 0.228. The van der Waals surface area contributed by atoms with Crippen molar-refractivity contribution in [2.75, 3.05) is 0 Å². The van der Waals surface area contributed by atoms with Gasteiger partial charge in [0, 0.05) is 25.4 Å². The molecule has 0 radical (unpaired) electrons. The highest BCUT2D eigenvalue weighted by molar-refractivity contribution is 6.42. The zero-order valence-electron chi connectivity index (χ0n) is 21.7. The highest BCUT2D eigenvalue weighted by atomic mass is 35.5. The summed E-state index contributed by atoms with van der Waals surface area (Å²) >= 11 is 12.4. The van der Waals surface area contributed by atoms with Gasteiger partial charge in [-0.3, -0.25) is 9.59 Å². The van der Waals surface area contributed by atoms with Gasteiger partial charge in [-0.05, 0) is 59.9 Å². The molecule has 0 aliphatic heterocycles. The molecule has 0 heterocycles. The summed E-state index contributed by atoms with van der Waals surface area (Å²) in [6.45, 7) is 4.08. The second kappa shape index (κ2) is 12.9. The van der Waals surface area contributed by atoms with E-state index in [0.717, 1.165) is 27.5 Å². The van der Waals surface area contributed by atoms with Gasteiger partial charge in [-0.1, -0.05) is 102 Å². The van der Waals surface area contributed by atoms with Gasteiger partial charge in [0.05, 0.1) is 10.0 Å². The van der Waals surface area contributed by atoms with Gasteiger partial charge in [0.25, 0.3) is 0 Å². The topological polar surface area (TPSA) is 49.4 Å². The number of hydrogen-bond acceptors (Lipinski definition) is 2. The van der Waals surface area contributed by atoms with Gasteiger partial charge in [0.2, 0.25) is 11.8 Å². The number of rotatable bonds is 10. The summed E-state index contributed by atoms with van der Waals surface area (Å²) in [5.41, 5.74) is 2.91. The molecule has 2 amide bonds. The van der Waals surface area contributed by atoms with Crippen molar-refractivity contribution >= 4 is 45.8 Å². The summed E-state index contributed by atoms with van der Waals surface area (Å²) in [7, 11) is 0. The molecule has 4 rings (SSSR count). The third-order valence-electron chi connectivity index (χ3n) is 6.53. The third kappa shape index (κ3) is 7.15. The minimum Gasteiger partial charge on any atom is -0.352 e. The molecular formula is C32H32Cl2N2O2. The van der Waals surface area contributed by atoms with E-state index in [2.05, 4.69) is 29.6 Å². The third-order valence-corrected chi connectivity index (χ3v) is 7.27. The molecule has 1 N–H and O–H groups in total. The Bertz CT molecular complexity index is 1400. The first kappa shape index (κ1) is 27.7. The molecule has 0 unspecified atom stereocenters. The largest absolute Gasteiger partial charge is 0.352 e. The SMILES string of the molecule is CC(C)NC(=O)[C@H](Cc1ccccc1)N(Cc1ccc(Cl)c(Cl)c1)C(=O)CCc1cccc2ccccc12. The van der Waals surface area contributed by atoms with Crippen molar-refractivity contribution in [3.05, 3.63) is 118 Å². The van der Waals surface area contributed by atoms with E-state index in [1.165, 1.54) is 0 Å². The van der Waals surface area contributed by atoms with E-state index >= 15 is 0 Å². The summed E-state index contributed by atoms with van der Waals surface area (Å²) in [6, 6.07) is 28.7. The Kier molecular flexibility index (Phi) is 9.43. The Morgan fingerprint density at radius 3 is 2.26 bits per heavy atom. The fourth-order valence-corrected chi connectivity index (χ4v) is 4.99. The number of hydrogen-bond donors (Lipinski definition) is 1. The van der Waals surface area contributed by atoms with E-state index in [9.17, 15) is 9.59 Å². The highest BCUT2D eigenvalue weighted by Crippen LogP contribution is 2.25. The van der Waals surface area contributed by atoms with Crippen LogP contribution >= 0.6 is 23.2 Å². The summed E-state index contributed by atoms with van der Waals surface area (Å²) in [5.74, 6) is -0.272. The van der Waals surface area contributed by atoms with Gasteiger partial charge in [0.1, 0.15) is 6.04 Å². The average Bonchev–Trinajstić information content (AvgIpc) is 2.91. The molecule has 196 valence electrons. The Morgan fingerprint density at radius 2 is 1.53 bits per heavy atom. The van der Waals surface area contributed by atoms with Crippen molar-refractivity contribution in [1.82, 2.24) is 10.2 Å². The van der Waals surface area contributed by atoms with Crippen LogP contribution in [-0.2, 0) is 29.0 Å². The van der Waals surface area contributed by atoms with E-state index in [4.69, 9.17) is 23.2 Å². The van der Waals surface area contributed by atoms with Crippen LogP contribution in [0.5, 0.6) is 0 Å². The molecular weight excluding hydrogens is 515 g/mol. The molecule has 4 nitrogen and oxygen atoms in total. The molecule has 0 saturated heterocycles. The first-order valence-corrected chi connectivity index (χ1v) is 13.6. The lowest BCUT2D eigenvalue weighted by Gasteiger charge is -2.32. The molecule has 6 heteroatoms. The van der Waals surface area contributed by atoms with Crippen LogP contribution in [0.25, 0.3) is 10.8 Å². The van der Waals surface area contributed by atoms with Gasteiger partial charge < -0.3 is 10.2 Å². The Hall–Kier alpha value is -3.34.